The van der Waals surface area contributed by atoms with Gasteiger partial charge in [0.25, 0.3) is 0 Å². The van der Waals surface area contributed by atoms with Crippen LogP contribution in [0.25, 0.3) is 0 Å². The molecule has 0 fully saturated rings. The second-order valence-electron chi connectivity index (χ2n) is 5.97. The topological polar surface area (TPSA) is 81.4 Å². The average molecular weight is 366 g/mol. The molecule has 2 atom stereocenters. The van der Waals surface area contributed by atoms with Gasteiger partial charge in [0.2, 0.25) is 0 Å². The first-order chi connectivity index (χ1) is 12.5. The molecule has 0 saturated heterocycles. The summed E-state index contributed by atoms with van der Waals surface area (Å²) in [7, 11) is 0. The van der Waals surface area contributed by atoms with E-state index in [1.54, 1.807) is 25.1 Å². The van der Waals surface area contributed by atoms with Crippen molar-refractivity contribution in [1.82, 2.24) is 20.1 Å². The van der Waals surface area contributed by atoms with Gasteiger partial charge in [-0.15, -0.1) is 0 Å². The zero-order valence-corrected chi connectivity index (χ0v) is 15.4. The molecule has 0 aliphatic carbocycles. The highest BCUT2D eigenvalue weighted by Gasteiger charge is 2.39. The lowest BCUT2D eigenvalue weighted by atomic mass is 9.86. The summed E-state index contributed by atoms with van der Waals surface area (Å²) in [6, 6.07) is 5.69. The maximum Gasteiger partial charge on any atom is 0.169 e. The minimum absolute atomic E-state index is 0.0516. The third-order valence-electron chi connectivity index (χ3n) is 4.22. The first-order valence-electron chi connectivity index (χ1n) is 8.77. The summed E-state index contributed by atoms with van der Waals surface area (Å²) in [6.45, 7) is 6.99. The van der Waals surface area contributed by atoms with Gasteiger partial charge in [0, 0.05) is 31.4 Å². The molecule has 0 radical (unpaired) electrons. The molecule has 2 N–H and O–H groups in total. The van der Waals surface area contributed by atoms with Gasteiger partial charge in [0.05, 0.1) is 6.54 Å². The molecule has 1 aromatic carbocycles. The van der Waals surface area contributed by atoms with Gasteiger partial charge in [-0.3, -0.25) is 0 Å². The maximum absolute atomic E-state index is 14.4. The molecule has 0 aliphatic rings. The number of halogens is 1. The van der Waals surface area contributed by atoms with E-state index >= 15 is 0 Å². The van der Waals surface area contributed by atoms with Gasteiger partial charge in [-0.25, -0.2) is 14.1 Å². The Kier molecular flexibility index (Phi) is 7.65. The molecule has 1 heterocycles. The van der Waals surface area contributed by atoms with Crippen LogP contribution in [0.4, 0.5) is 4.39 Å². The molecule has 1 aromatic heterocycles. The number of hydrogen-bond donors (Lipinski definition) is 2. The van der Waals surface area contributed by atoms with Crippen molar-refractivity contribution < 1.29 is 19.0 Å². The van der Waals surface area contributed by atoms with Crippen molar-refractivity contribution in [2.45, 2.75) is 45.2 Å². The number of nitrogens with one attached hydrogen (secondary N) is 1. The standard InChI is InChI=1S/C18H27FN4O3/c1-4-25-17(26-5-2)10-21-14(3)18(24,11-23-13-20-12-22-23)15-8-6-7-9-16(15)19/h6-9,12-14,17,21,24H,4-5,10-11H2,1-3H3/t14-,18-/m1/s1. The third kappa shape index (κ3) is 5.07. The van der Waals surface area contributed by atoms with Crippen LogP contribution in [0.5, 0.6) is 0 Å². The van der Waals surface area contributed by atoms with Gasteiger partial charge >= 0.3 is 0 Å². The molecule has 7 nitrogen and oxygen atoms in total. The summed E-state index contributed by atoms with van der Waals surface area (Å²) in [5.74, 6) is -0.477. The zero-order valence-electron chi connectivity index (χ0n) is 15.4. The van der Waals surface area contributed by atoms with Crippen molar-refractivity contribution in [3.8, 4) is 0 Å². The van der Waals surface area contributed by atoms with Gasteiger partial charge in [-0.2, -0.15) is 5.10 Å². The fourth-order valence-corrected chi connectivity index (χ4v) is 2.81. The Bertz CT molecular complexity index is 650. The average Bonchev–Trinajstić information content (AvgIpc) is 3.12. The highest BCUT2D eigenvalue weighted by Crippen LogP contribution is 2.29. The van der Waals surface area contributed by atoms with E-state index in [0.29, 0.717) is 19.8 Å². The lowest BCUT2D eigenvalue weighted by Crippen LogP contribution is -2.52. The molecule has 0 aliphatic heterocycles. The molecule has 0 unspecified atom stereocenters. The molecular formula is C18H27FN4O3. The molecule has 2 rings (SSSR count). The lowest BCUT2D eigenvalue weighted by molar-refractivity contribution is -0.137. The summed E-state index contributed by atoms with van der Waals surface area (Å²) in [5.41, 5.74) is -1.35. The summed E-state index contributed by atoms with van der Waals surface area (Å²) < 4.78 is 26.9. The minimum atomic E-state index is -1.54. The van der Waals surface area contributed by atoms with Crippen LogP contribution in [-0.4, -0.2) is 52.0 Å². The fourth-order valence-electron chi connectivity index (χ4n) is 2.81. The van der Waals surface area contributed by atoms with Crippen LogP contribution in [0.2, 0.25) is 0 Å². The van der Waals surface area contributed by atoms with Crippen LogP contribution >= 0.6 is 0 Å². The molecule has 26 heavy (non-hydrogen) atoms. The van der Waals surface area contributed by atoms with Crippen LogP contribution in [0.1, 0.15) is 26.3 Å². The van der Waals surface area contributed by atoms with Crippen molar-refractivity contribution in [1.29, 1.82) is 0 Å². The molecule has 0 saturated carbocycles. The molecule has 2 aromatic rings. The van der Waals surface area contributed by atoms with E-state index in [0.717, 1.165) is 0 Å². The van der Waals surface area contributed by atoms with E-state index in [4.69, 9.17) is 9.47 Å². The van der Waals surface area contributed by atoms with Gasteiger partial charge in [-0.05, 0) is 26.8 Å². The first-order valence-corrected chi connectivity index (χ1v) is 8.77. The van der Waals surface area contributed by atoms with Crippen LogP contribution in [-0.2, 0) is 21.6 Å². The molecular weight excluding hydrogens is 339 g/mol. The van der Waals surface area contributed by atoms with Crippen molar-refractivity contribution in [3.05, 3.63) is 48.3 Å². The summed E-state index contributed by atoms with van der Waals surface area (Å²) in [4.78, 5) is 3.89. The van der Waals surface area contributed by atoms with Crippen molar-refractivity contribution in [3.63, 3.8) is 0 Å². The predicted octanol–water partition coefficient (Wildman–Crippen LogP) is 1.68. The smallest absolute Gasteiger partial charge is 0.169 e. The van der Waals surface area contributed by atoms with Crippen molar-refractivity contribution in [2.24, 2.45) is 0 Å². The molecule has 0 amide bonds. The van der Waals surface area contributed by atoms with Crippen molar-refractivity contribution in [2.75, 3.05) is 19.8 Å². The van der Waals surface area contributed by atoms with E-state index in [-0.39, 0.29) is 12.1 Å². The number of nitrogens with zero attached hydrogens (tertiary/aromatic N) is 3. The Balaban J connectivity index is 2.21. The summed E-state index contributed by atoms with van der Waals surface area (Å²) in [5, 5.41) is 18.6. The largest absolute Gasteiger partial charge is 0.381 e. The van der Waals surface area contributed by atoms with Gasteiger partial charge in [-0.1, -0.05) is 18.2 Å². The zero-order chi connectivity index (χ0) is 19.0. The summed E-state index contributed by atoms with van der Waals surface area (Å²) in [6.07, 6.45) is 2.42. The van der Waals surface area contributed by atoms with Crippen molar-refractivity contribution >= 4 is 0 Å². The van der Waals surface area contributed by atoms with E-state index in [1.807, 2.05) is 13.8 Å². The monoisotopic (exact) mass is 366 g/mol. The van der Waals surface area contributed by atoms with E-state index < -0.39 is 23.8 Å². The predicted molar refractivity (Wildman–Crippen MR) is 94.8 cm³/mol. The highest BCUT2D eigenvalue weighted by atomic mass is 19.1. The number of ether oxygens (including phenoxy) is 2. The minimum Gasteiger partial charge on any atom is -0.381 e. The Morgan fingerprint density at radius 3 is 2.54 bits per heavy atom. The van der Waals surface area contributed by atoms with Crippen LogP contribution in [0.3, 0.4) is 0 Å². The van der Waals surface area contributed by atoms with Crippen LogP contribution < -0.4 is 5.32 Å². The Labute approximate surface area is 153 Å². The number of aliphatic hydroxyl groups is 1. The second-order valence-corrected chi connectivity index (χ2v) is 5.97. The fraction of sp³-hybridized carbons (Fsp3) is 0.556. The molecule has 144 valence electrons. The molecule has 0 spiro atoms. The van der Waals surface area contributed by atoms with E-state index in [9.17, 15) is 9.50 Å². The Hall–Kier alpha value is -1.87. The normalized spacial score (nSPS) is 15.2. The molecule has 0 bridgehead atoms. The highest BCUT2D eigenvalue weighted by molar-refractivity contribution is 5.26. The van der Waals surface area contributed by atoms with E-state index in [2.05, 4.69) is 15.4 Å². The van der Waals surface area contributed by atoms with E-state index in [1.165, 1.54) is 23.4 Å². The summed E-state index contributed by atoms with van der Waals surface area (Å²) >= 11 is 0. The lowest BCUT2D eigenvalue weighted by Gasteiger charge is -2.36. The van der Waals surface area contributed by atoms with Gasteiger partial charge in [0.1, 0.15) is 24.1 Å². The number of aromatic nitrogens is 3. The van der Waals surface area contributed by atoms with Crippen LogP contribution in [0.15, 0.2) is 36.9 Å². The van der Waals surface area contributed by atoms with Gasteiger partial charge < -0.3 is 19.9 Å². The van der Waals surface area contributed by atoms with Crippen LogP contribution in [0, 0.1) is 5.82 Å². The SMILES string of the molecule is CCOC(CN[C@H](C)[C@](O)(Cn1cncn1)c1ccccc1F)OCC. The Morgan fingerprint density at radius 1 is 1.27 bits per heavy atom. The third-order valence-corrected chi connectivity index (χ3v) is 4.22. The number of benzene rings is 1. The first kappa shape index (κ1) is 20.4. The quantitative estimate of drug-likeness (QED) is 0.589. The Morgan fingerprint density at radius 2 is 1.96 bits per heavy atom. The molecule has 8 heteroatoms. The number of rotatable bonds is 11. The maximum atomic E-state index is 14.4. The second kappa shape index (κ2) is 9.72. The van der Waals surface area contributed by atoms with Gasteiger partial charge in [0.15, 0.2) is 6.29 Å². The number of hydrogen-bond acceptors (Lipinski definition) is 6.